The lowest BCUT2D eigenvalue weighted by atomic mass is 9.86. The molecule has 1 saturated carbocycles. The standard InChI is InChI=1S/C14H26N2O/c1-10-4-6-12(7-5-10)16(3)14(17)13-8-9-15-11(13)2/h10-13,15H,4-9H2,1-3H3. The van der Waals surface area contributed by atoms with Crippen LogP contribution in [0.3, 0.4) is 0 Å². The summed E-state index contributed by atoms with van der Waals surface area (Å²) in [7, 11) is 2.01. The van der Waals surface area contributed by atoms with E-state index in [9.17, 15) is 4.79 Å². The van der Waals surface area contributed by atoms with Crippen LogP contribution in [0.15, 0.2) is 0 Å². The molecule has 1 heterocycles. The maximum absolute atomic E-state index is 12.4. The first kappa shape index (κ1) is 12.9. The Labute approximate surface area is 105 Å². The van der Waals surface area contributed by atoms with Crippen molar-refractivity contribution < 1.29 is 4.79 Å². The van der Waals surface area contributed by atoms with Crippen LogP contribution in [0.25, 0.3) is 0 Å². The second-order valence-corrected chi connectivity index (χ2v) is 6.00. The van der Waals surface area contributed by atoms with Crippen LogP contribution in [-0.2, 0) is 4.79 Å². The van der Waals surface area contributed by atoms with E-state index in [0.29, 0.717) is 18.0 Å². The minimum atomic E-state index is 0.208. The minimum absolute atomic E-state index is 0.208. The lowest BCUT2D eigenvalue weighted by Gasteiger charge is -2.35. The van der Waals surface area contributed by atoms with Crippen molar-refractivity contribution in [3.8, 4) is 0 Å². The van der Waals surface area contributed by atoms with E-state index < -0.39 is 0 Å². The number of nitrogens with one attached hydrogen (secondary N) is 1. The second kappa shape index (κ2) is 5.38. The third-order valence-electron chi connectivity index (χ3n) is 4.72. The fourth-order valence-corrected chi connectivity index (χ4v) is 3.27. The van der Waals surface area contributed by atoms with Gasteiger partial charge in [0.25, 0.3) is 0 Å². The summed E-state index contributed by atoms with van der Waals surface area (Å²) in [4.78, 5) is 14.5. The van der Waals surface area contributed by atoms with Crippen molar-refractivity contribution in [2.24, 2.45) is 11.8 Å². The van der Waals surface area contributed by atoms with Crippen molar-refractivity contribution in [1.82, 2.24) is 10.2 Å². The first-order valence-electron chi connectivity index (χ1n) is 7.09. The van der Waals surface area contributed by atoms with E-state index >= 15 is 0 Å². The Balaban J connectivity index is 1.90. The Kier molecular flexibility index (Phi) is 4.08. The van der Waals surface area contributed by atoms with Crippen LogP contribution < -0.4 is 5.32 Å². The average Bonchev–Trinajstić information content (AvgIpc) is 2.74. The van der Waals surface area contributed by atoms with Crippen molar-refractivity contribution in [2.45, 2.75) is 58.0 Å². The van der Waals surface area contributed by atoms with Gasteiger partial charge in [-0.3, -0.25) is 4.79 Å². The second-order valence-electron chi connectivity index (χ2n) is 6.00. The van der Waals surface area contributed by atoms with Crippen LogP contribution >= 0.6 is 0 Å². The van der Waals surface area contributed by atoms with Crippen LogP contribution in [0.4, 0.5) is 0 Å². The summed E-state index contributed by atoms with van der Waals surface area (Å²) >= 11 is 0. The van der Waals surface area contributed by atoms with Gasteiger partial charge in [0.15, 0.2) is 0 Å². The zero-order valence-corrected chi connectivity index (χ0v) is 11.4. The van der Waals surface area contributed by atoms with Crippen molar-refractivity contribution in [2.75, 3.05) is 13.6 Å². The molecule has 0 bridgehead atoms. The molecule has 98 valence electrons. The van der Waals surface area contributed by atoms with Gasteiger partial charge in [0.1, 0.15) is 0 Å². The SMILES string of the molecule is CC1CCC(N(C)C(=O)C2CCNC2C)CC1. The number of hydrogen-bond acceptors (Lipinski definition) is 2. The van der Waals surface area contributed by atoms with E-state index in [2.05, 4.69) is 19.2 Å². The molecule has 2 fully saturated rings. The molecule has 2 rings (SSSR count). The first-order chi connectivity index (χ1) is 8.09. The molecule has 2 atom stereocenters. The van der Waals surface area contributed by atoms with Crippen LogP contribution in [0.5, 0.6) is 0 Å². The van der Waals surface area contributed by atoms with E-state index in [-0.39, 0.29) is 5.92 Å². The Bertz CT molecular complexity index is 271. The van der Waals surface area contributed by atoms with Gasteiger partial charge >= 0.3 is 0 Å². The predicted octanol–water partition coefficient (Wildman–Crippen LogP) is 2.02. The topological polar surface area (TPSA) is 32.3 Å². The summed E-state index contributed by atoms with van der Waals surface area (Å²) in [6.45, 7) is 5.44. The molecule has 0 radical (unpaired) electrons. The number of carbonyl (C=O) groups excluding carboxylic acids is 1. The molecule has 0 aromatic heterocycles. The van der Waals surface area contributed by atoms with Gasteiger partial charge in [-0.1, -0.05) is 6.92 Å². The summed E-state index contributed by atoms with van der Waals surface area (Å²) in [6, 6.07) is 0.846. The van der Waals surface area contributed by atoms with Gasteiger partial charge in [0.2, 0.25) is 5.91 Å². The smallest absolute Gasteiger partial charge is 0.227 e. The van der Waals surface area contributed by atoms with Crippen molar-refractivity contribution in [1.29, 1.82) is 0 Å². The number of hydrogen-bond donors (Lipinski definition) is 1. The molecule has 1 N–H and O–H groups in total. The molecular weight excluding hydrogens is 212 g/mol. The highest BCUT2D eigenvalue weighted by atomic mass is 16.2. The number of rotatable bonds is 2. The summed E-state index contributed by atoms with van der Waals surface area (Å²) in [5.41, 5.74) is 0. The summed E-state index contributed by atoms with van der Waals surface area (Å²) in [6.07, 6.45) is 5.95. The van der Waals surface area contributed by atoms with E-state index in [0.717, 1.165) is 18.9 Å². The van der Waals surface area contributed by atoms with Crippen LogP contribution in [0.1, 0.15) is 46.0 Å². The average molecular weight is 238 g/mol. The van der Waals surface area contributed by atoms with Crippen molar-refractivity contribution in [3.63, 3.8) is 0 Å². The summed E-state index contributed by atoms with van der Waals surface area (Å²) in [5.74, 6) is 1.42. The van der Waals surface area contributed by atoms with E-state index in [4.69, 9.17) is 0 Å². The molecule has 0 aromatic carbocycles. The first-order valence-corrected chi connectivity index (χ1v) is 7.09. The Hall–Kier alpha value is -0.570. The maximum atomic E-state index is 12.4. The Morgan fingerprint density at radius 2 is 1.76 bits per heavy atom. The minimum Gasteiger partial charge on any atom is -0.342 e. The molecule has 1 aliphatic carbocycles. The van der Waals surface area contributed by atoms with Crippen LogP contribution in [0.2, 0.25) is 0 Å². The zero-order valence-electron chi connectivity index (χ0n) is 11.4. The maximum Gasteiger partial charge on any atom is 0.227 e. The molecule has 3 nitrogen and oxygen atoms in total. The van der Waals surface area contributed by atoms with E-state index in [1.807, 2.05) is 11.9 Å². The number of amides is 1. The molecule has 1 saturated heterocycles. The van der Waals surface area contributed by atoms with Gasteiger partial charge in [-0.05, 0) is 51.5 Å². The number of nitrogens with zero attached hydrogens (tertiary/aromatic N) is 1. The molecule has 1 aliphatic heterocycles. The van der Waals surface area contributed by atoms with Crippen molar-refractivity contribution in [3.05, 3.63) is 0 Å². The largest absolute Gasteiger partial charge is 0.342 e. The highest BCUT2D eigenvalue weighted by molar-refractivity contribution is 5.80. The molecule has 17 heavy (non-hydrogen) atoms. The van der Waals surface area contributed by atoms with Gasteiger partial charge in [-0.15, -0.1) is 0 Å². The highest BCUT2D eigenvalue weighted by Gasteiger charge is 2.34. The van der Waals surface area contributed by atoms with Crippen LogP contribution in [-0.4, -0.2) is 36.5 Å². The van der Waals surface area contributed by atoms with Crippen LogP contribution in [0, 0.1) is 11.8 Å². The quantitative estimate of drug-likeness (QED) is 0.798. The molecule has 1 amide bonds. The summed E-state index contributed by atoms with van der Waals surface area (Å²) < 4.78 is 0. The van der Waals surface area contributed by atoms with Gasteiger partial charge in [-0.2, -0.15) is 0 Å². The number of carbonyl (C=O) groups is 1. The molecular formula is C14H26N2O. The van der Waals surface area contributed by atoms with Gasteiger partial charge in [0.05, 0.1) is 5.92 Å². The zero-order chi connectivity index (χ0) is 12.4. The monoisotopic (exact) mass is 238 g/mol. The highest BCUT2D eigenvalue weighted by Crippen LogP contribution is 2.28. The lowest BCUT2D eigenvalue weighted by Crippen LogP contribution is -2.44. The summed E-state index contributed by atoms with van der Waals surface area (Å²) in [5, 5.41) is 3.37. The lowest BCUT2D eigenvalue weighted by molar-refractivity contribution is -0.137. The molecule has 0 aromatic rings. The van der Waals surface area contributed by atoms with E-state index in [1.165, 1.54) is 25.7 Å². The normalized spacial score (nSPS) is 38.1. The molecule has 2 unspecified atom stereocenters. The van der Waals surface area contributed by atoms with Gasteiger partial charge in [-0.25, -0.2) is 0 Å². The molecule has 0 spiro atoms. The van der Waals surface area contributed by atoms with Crippen molar-refractivity contribution >= 4 is 5.91 Å². The Morgan fingerprint density at radius 1 is 1.12 bits per heavy atom. The third-order valence-corrected chi connectivity index (χ3v) is 4.72. The predicted molar refractivity (Wildman–Crippen MR) is 69.8 cm³/mol. The van der Waals surface area contributed by atoms with Gasteiger partial charge < -0.3 is 10.2 Å². The van der Waals surface area contributed by atoms with E-state index in [1.54, 1.807) is 0 Å². The molecule has 2 aliphatic rings. The fraction of sp³-hybridized carbons (Fsp3) is 0.929. The third kappa shape index (κ3) is 2.82. The molecule has 3 heteroatoms. The fourth-order valence-electron chi connectivity index (χ4n) is 3.27. The Morgan fingerprint density at radius 3 is 2.29 bits per heavy atom. The van der Waals surface area contributed by atoms with Gasteiger partial charge in [0, 0.05) is 19.1 Å².